The summed E-state index contributed by atoms with van der Waals surface area (Å²) in [6, 6.07) is 7.68. The molecule has 0 spiro atoms. The number of nitrogens with one attached hydrogen (secondary N) is 1. The van der Waals surface area contributed by atoms with Crippen LogP contribution in [0.3, 0.4) is 0 Å². The maximum Gasteiger partial charge on any atom is 0.239 e. The van der Waals surface area contributed by atoms with Crippen LogP contribution in [0.2, 0.25) is 0 Å². The normalized spacial score (nSPS) is 12.0. The van der Waals surface area contributed by atoms with Crippen LogP contribution in [0.25, 0.3) is 11.4 Å². The highest BCUT2D eigenvalue weighted by Crippen LogP contribution is 2.28. The number of aryl methyl sites for hydroxylation is 1. The molecular weight excluding hydrogens is 382 g/mol. The smallest absolute Gasteiger partial charge is 0.239 e. The third-order valence-electron chi connectivity index (χ3n) is 3.88. The van der Waals surface area contributed by atoms with Crippen molar-refractivity contribution in [3.8, 4) is 17.1 Å². The summed E-state index contributed by atoms with van der Waals surface area (Å²) in [5.74, 6) is 1.45. The zero-order valence-corrected chi connectivity index (χ0v) is 17.2. The molecule has 0 saturated heterocycles. The number of anilines is 1. The van der Waals surface area contributed by atoms with E-state index in [9.17, 15) is 4.79 Å². The molecule has 7 nitrogen and oxygen atoms in total. The Labute approximate surface area is 166 Å². The number of amides is 1. The summed E-state index contributed by atoms with van der Waals surface area (Å²) in [5, 5.41) is 14.4. The second kappa shape index (κ2) is 8.53. The summed E-state index contributed by atoms with van der Waals surface area (Å²) in [7, 11) is 1.64. The number of thiazole rings is 1. The molecule has 0 aliphatic rings. The molecule has 0 bridgehead atoms. The van der Waals surface area contributed by atoms with E-state index in [1.165, 1.54) is 23.1 Å². The van der Waals surface area contributed by atoms with Gasteiger partial charge in [-0.1, -0.05) is 11.8 Å². The lowest BCUT2D eigenvalue weighted by atomic mass is 10.2. The van der Waals surface area contributed by atoms with E-state index in [1.807, 2.05) is 55.0 Å². The van der Waals surface area contributed by atoms with Crippen LogP contribution in [0.4, 0.5) is 5.13 Å². The molecule has 1 N–H and O–H groups in total. The van der Waals surface area contributed by atoms with Crippen LogP contribution in [0.1, 0.15) is 19.5 Å². The minimum atomic E-state index is -0.326. The van der Waals surface area contributed by atoms with E-state index in [-0.39, 0.29) is 11.2 Å². The number of carbonyl (C=O) groups excluding carboxylic acids is 1. The Bertz CT molecular complexity index is 920. The summed E-state index contributed by atoms with van der Waals surface area (Å²) in [6.45, 7) is 6.48. The number of carbonyl (C=O) groups is 1. The molecule has 1 amide bonds. The van der Waals surface area contributed by atoms with Gasteiger partial charge in [-0.3, -0.25) is 4.79 Å². The summed E-state index contributed by atoms with van der Waals surface area (Å²) < 4.78 is 7.20. The monoisotopic (exact) mass is 403 g/mol. The zero-order valence-electron chi connectivity index (χ0n) is 15.6. The van der Waals surface area contributed by atoms with Crippen molar-refractivity contribution < 1.29 is 9.53 Å². The molecule has 0 saturated carbocycles. The van der Waals surface area contributed by atoms with Gasteiger partial charge in [0.25, 0.3) is 0 Å². The van der Waals surface area contributed by atoms with Crippen molar-refractivity contribution in [3.05, 3.63) is 35.3 Å². The Morgan fingerprint density at radius 2 is 2.07 bits per heavy atom. The van der Waals surface area contributed by atoms with Crippen LogP contribution in [-0.4, -0.2) is 38.0 Å². The molecule has 0 aliphatic heterocycles. The lowest BCUT2D eigenvalue weighted by molar-refractivity contribution is -0.115. The van der Waals surface area contributed by atoms with E-state index < -0.39 is 0 Å². The molecule has 9 heteroatoms. The van der Waals surface area contributed by atoms with E-state index in [0.717, 1.165) is 22.8 Å². The molecule has 1 atom stereocenters. The van der Waals surface area contributed by atoms with Crippen LogP contribution in [0.5, 0.6) is 5.75 Å². The summed E-state index contributed by atoms with van der Waals surface area (Å²) in [6.07, 6.45) is 0. The number of rotatable bonds is 7. The van der Waals surface area contributed by atoms with E-state index in [1.54, 1.807) is 7.11 Å². The lowest BCUT2D eigenvalue weighted by Gasteiger charge is -2.12. The maximum atomic E-state index is 12.4. The van der Waals surface area contributed by atoms with Gasteiger partial charge in [0.1, 0.15) is 5.75 Å². The summed E-state index contributed by atoms with van der Waals surface area (Å²) in [5.41, 5.74) is 1.85. The Morgan fingerprint density at radius 3 is 2.67 bits per heavy atom. The first-order valence-electron chi connectivity index (χ1n) is 8.49. The van der Waals surface area contributed by atoms with Gasteiger partial charge in [0.05, 0.1) is 18.1 Å². The van der Waals surface area contributed by atoms with Gasteiger partial charge < -0.3 is 14.6 Å². The van der Waals surface area contributed by atoms with Crippen LogP contribution in [-0.2, 0) is 11.3 Å². The van der Waals surface area contributed by atoms with Crippen molar-refractivity contribution >= 4 is 34.1 Å². The van der Waals surface area contributed by atoms with Gasteiger partial charge >= 0.3 is 0 Å². The molecule has 0 radical (unpaired) electrons. The molecule has 0 fully saturated rings. The van der Waals surface area contributed by atoms with E-state index in [4.69, 9.17) is 4.74 Å². The van der Waals surface area contributed by atoms with Crippen molar-refractivity contribution in [2.75, 3.05) is 12.4 Å². The van der Waals surface area contributed by atoms with Gasteiger partial charge in [-0.25, -0.2) is 4.98 Å². The SMILES string of the molecule is CCn1c(S[C@H](C)C(=O)Nc2nc(C)cs2)nnc1-c1ccc(OC)cc1. The van der Waals surface area contributed by atoms with E-state index >= 15 is 0 Å². The second-order valence-corrected chi connectivity index (χ2v) is 7.99. The quantitative estimate of drug-likeness (QED) is 0.603. The van der Waals surface area contributed by atoms with Crippen molar-refractivity contribution in [1.82, 2.24) is 19.7 Å². The van der Waals surface area contributed by atoms with Crippen molar-refractivity contribution in [2.45, 2.75) is 37.7 Å². The van der Waals surface area contributed by atoms with Crippen LogP contribution < -0.4 is 10.1 Å². The average Bonchev–Trinajstić information content (AvgIpc) is 3.27. The second-order valence-electron chi connectivity index (χ2n) is 5.82. The Balaban J connectivity index is 1.74. The Morgan fingerprint density at radius 1 is 1.33 bits per heavy atom. The summed E-state index contributed by atoms with van der Waals surface area (Å²) >= 11 is 2.80. The number of hydrogen-bond donors (Lipinski definition) is 1. The fraction of sp³-hybridized carbons (Fsp3) is 0.333. The van der Waals surface area contributed by atoms with E-state index in [2.05, 4.69) is 20.5 Å². The summed E-state index contributed by atoms with van der Waals surface area (Å²) in [4.78, 5) is 16.7. The van der Waals surface area contributed by atoms with Gasteiger partial charge in [-0.15, -0.1) is 21.5 Å². The first kappa shape index (κ1) is 19.4. The van der Waals surface area contributed by atoms with Crippen LogP contribution >= 0.6 is 23.1 Å². The number of ether oxygens (including phenoxy) is 1. The molecule has 0 unspecified atom stereocenters. The third-order valence-corrected chi connectivity index (χ3v) is 5.84. The molecule has 2 heterocycles. The fourth-order valence-electron chi connectivity index (χ4n) is 2.44. The van der Waals surface area contributed by atoms with Gasteiger partial charge in [0.15, 0.2) is 16.1 Å². The maximum absolute atomic E-state index is 12.4. The molecule has 2 aromatic heterocycles. The zero-order chi connectivity index (χ0) is 19.4. The van der Waals surface area contributed by atoms with Crippen molar-refractivity contribution in [2.24, 2.45) is 0 Å². The third kappa shape index (κ3) is 4.48. The highest BCUT2D eigenvalue weighted by Gasteiger charge is 2.21. The highest BCUT2D eigenvalue weighted by atomic mass is 32.2. The average molecular weight is 404 g/mol. The molecular formula is C18H21N5O2S2. The number of nitrogens with zero attached hydrogens (tertiary/aromatic N) is 4. The van der Waals surface area contributed by atoms with Gasteiger partial charge in [-0.2, -0.15) is 0 Å². The van der Waals surface area contributed by atoms with Crippen molar-refractivity contribution in [1.29, 1.82) is 0 Å². The number of thioether (sulfide) groups is 1. The minimum absolute atomic E-state index is 0.106. The lowest BCUT2D eigenvalue weighted by Crippen LogP contribution is -2.22. The number of benzene rings is 1. The molecule has 27 heavy (non-hydrogen) atoms. The highest BCUT2D eigenvalue weighted by molar-refractivity contribution is 8.00. The molecule has 3 rings (SSSR count). The predicted molar refractivity (Wildman–Crippen MR) is 108 cm³/mol. The number of methoxy groups -OCH3 is 1. The first-order valence-corrected chi connectivity index (χ1v) is 10.2. The minimum Gasteiger partial charge on any atom is -0.497 e. The van der Waals surface area contributed by atoms with Crippen LogP contribution in [0.15, 0.2) is 34.8 Å². The topological polar surface area (TPSA) is 81.9 Å². The van der Waals surface area contributed by atoms with Crippen LogP contribution in [0, 0.1) is 6.92 Å². The predicted octanol–water partition coefficient (Wildman–Crippen LogP) is 3.86. The molecule has 1 aromatic carbocycles. The number of aromatic nitrogens is 4. The Kier molecular flexibility index (Phi) is 6.12. The standard InChI is InChI=1S/C18H21N5O2S2/c1-5-23-15(13-6-8-14(25-4)9-7-13)21-22-18(23)27-12(3)16(24)20-17-19-11(2)10-26-17/h6-10,12H,5H2,1-4H3,(H,19,20,24)/t12-/m1/s1. The molecule has 3 aromatic rings. The Hall–Kier alpha value is -2.39. The molecule has 0 aliphatic carbocycles. The fourth-order valence-corrected chi connectivity index (χ4v) is 4.05. The van der Waals surface area contributed by atoms with Gasteiger partial charge in [-0.05, 0) is 45.0 Å². The molecule has 142 valence electrons. The van der Waals surface area contributed by atoms with Gasteiger partial charge in [0, 0.05) is 17.5 Å². The van der Waals surface area contributed by atoms with Crippen molar-refractivity contribution in [3.63, 3.8) is 0 Å². The van der Waals surface area contributed by atoms with Gasteiger partial charge in [0.2, 0.25) is 5.91 Å². The number of hydrogen-bond acceptors (Lipinski definition) is 7. The first-order chi connectivity index (χ1) is 13.0. The largest absolute Gasteiger partial charge is 0.497 e. The van der Waals surface area contributed by atoms with E-state index in [0.29, 0.717) is 16.8 Å².